The second kappa shape index (κ2) is 8.08. The predicted octanol–water partition coefficient (Wildman–Crippen LogP) is 4.10. The molecule has 0 aliphatic carbocycles. The lowest BCUT2D eigenvalue weighted by Gasteiger charge is -2.24. The summed E-state index contributed by atoms with van der Waals surface area (Å²) in [5.41, 5.74) is -0.643. The van der Waals surface area contributed by atoms with Crippen molar-refractivity contribution in [3.8, 4) is 0 Å². The second-order valence-electron chi connectivity index (χ2n) is 6.68. The standard InChI is InChI=1S/C18H18ClF4N3O2S/c1-12-9-14(20)3-4-16(12)29(27,28)26-6-2-5-25(7-8-26)17-15(19)10-13(11-24-17)18(21,22)23/h3-4,9-11H,2,5-8H2,1H3. The molecule has 1 aromatic carbocycles. The average molecular weight is 452 g/mol. The number of sulfonamides is 1. The number of aromatic nitrogens is 1. The van der Waals surface area contributed by atoms with Gasteiger partial charge >= 0.3 is 6.18 Å². The Kier molecular flexibility index (Phi) is 6.07. The normalized spacial score (nSPS) is 16.7. The van der Waals surface area contributed by atoms with Crippen molar-refractivity contribution in [2.45, 2.75) is 24.4 Å². The first-order valence-corrected chi connectivity index (χ1v) is 10.6. The maximum atomic E-state index is 13.3. The number of rotatable bonds is 3. The molecule has 3 rings (SSSR count). The number of nitrogens with zero attached hydrogens (tertiary/aromatic N) is 3. The highest BCUT2D eigenvalue weighted by Crippen LogP contribution is 2.34. The van der Waals surface area contributed by atoms with E-state index in [0.717, 1.165) is 18.2 Å². The van der Waals surface area contributed by atoms with E-state index in [1.165, 1.54) is 17.3 Å². The molecule has 29 heavy (non-hydrogen) atoms. The topological polar surface area (TPSA) is 53.5 Å². The van der Waals surface area contributed by atoms with Gasteiger partial charge in [0.15, 0.2) is 0 Å². The van der Waals surface area contributed by atoms with Gasteiger partial charge in [0.2, 0.25) is 10.0 Å². The van der Waals surface area contributed by atoms with E-state index in [2.05, 4.69) is 4.98 Å². The first kappa shape index (κ1) is 21.8. The summed E-state index contributed by atoms with van der Waals surface area (Å²) in [4.78, 5) is 5.53. The lowest BCUT2D eigenvalue weighted by atomic mass is 10.2. The molecule has 2 heterocycles. The maximum absolute atomic E-state index is 13.3. The highest BCUT2D eigenvalue weighted by atomic mass is 35.5. The fourth-order valence-electron chi connectivity index (χ4n) is 3.21. The number of hydrogen-bond acceptors (Lipinski definition) is 4. The summed E-state index contributed by atoms with van der Waals surface area (Å²) in [5, 5.41) is -0.148. The van der Waals surface area contributed by atoms with Crippen molar-refractivity contribution in [1.82, 2.24) is 9.29 Å². The van der Waals surface area contributed by atoms with Crippen molar-refractivity contribution in [1.29, 1.82) is 0 Å². The summed E-state index contributed by atoms with van der Waals surface area (Å²) in [6.07, 6.45) is -3.41. The number of halogens is 5. The predicted molar refractivity (Wildman–Crippen MR) is 101 cm³/mol. The molecule has 1 aliphatic rings. The fourth-order valence-corrected chi connectivity index (χ4v) is 5.17. The van der Waals surface area contributed by atoms with Gasteiger partial charge in [-0.2, -0.15) is 17.5 Å². The van der Waals surface area contributed by atoms with Crippen molar-refractivity contribution in [3.63, 3.8) is 0 Å². The van der Waals surface area contributed by atoms with Gasteiger partial charge in [-0.1, -0.05) is 11.6 Å². The van der Waals surface area contributed by atoms with Gasteiger partial charge in [0.25, 0.3) is 0 Å². The fraction of sp³-hybridized carbons (Fsp3) is 0.389. The zero-order valence-corrected chi connectivity index (χ0v) is 17.0. The van der Waals surface area contributed by atoms with Crippen LogP contribution in [0.1, 0.15) is 17.5 Å². The molecule has 1 fully saturated rings. The summed E-state index contributed by atoms with van der Waals surface area (Å²) in [6, 6.07) is 4.29. The minimum Gasteiger partial charge on any atom is -0.354 e. The molecule has 1 aromatic heterocycles. The highest BCUT2D eigenvalue weighted by molar-refractivity contribution is 7.89. The molecule has 0 unspecified atom stereocenters. The van der Waals surface area contributed by atoms with Gasteiger partial charge < -0.3 is 4.90 Å². The van der Waals surface area contributed by atoms with Gasteiger partial charge in [0.05, 0.1) is 15.5 Å². The van der Waals surface area contributed by atoms with Crippen molar-refractivity contribution >= 4 is 27.4 Å². The molecule has 2 aromatic rings. The van der Waals surface area contributed by atoms with Crippen molar-refractivity contribution in [2.75, 3.05) is 31.1 Å². The van der Waals surface area contributed by atoms with E-state index in [0.29, 0.717) is 24.7 Å². The first-order chi connectivity index (χ1) is 13.5. The van der Waals surface area contributed by atoms with Crippen LogP contribution in [0.2, 0.25) is 5.02 Å². The van der Waals surface area contributed by atoms with Gasteiger partial charge in [0.1, 0.15) is 11.6 Å². The van der Waals surface area contributed by atoms with Gasteiger partial charge in [-0.05, 0) is 43.2 Å². The lowest BCUT2D eigenvalue weighted by Crippen LogP contribution is -2.35. The van der Waals surface area contributed by atoms with Gasteiger partial charge in [-0.25, -0.2) is 17.8 Å². The number of alkyl halides is 3. The van der Waals surface area contributed by atoms with Crippen LogP contribution in [-0.2, 0) is 16.2 Å². The summed E-state index contributed by atoms with van der Waals surface area (Å²) < 4.78 is 78.9. The van der Waals surface area contributed by atoms with Crippen LogP contribution in [0.25, 0.3) is 0 Å². The average Bonchev–Trinajstić information content (AvgIpc) is 2.87. The smallest absolute Gasteiger partial charge is 0.354 e. The van der Waals surface area contributed by atoms with Crippen molar-refractivity contribution < 1.29 is 26.0 Å². The summed E-state index contributed by atoms with van der Waals surface area (Å²) in [6.45, 7) is 2.42. The Morgan fingerprint density at radius 3 is 2.45 bits per heavy atom. The van der Waals surface area contributed by atoms with Crippen LogP contribution in [0.4, 0.5) is 23.4 Å². The minimum absolute atomic E-state index is 0.0260. The van der Waals surface area contributed by atoms with Crippen LogP contribution in [0.15, 0.2) is 35.4 Å². The Morgan fingerprint density at radius 2 is 1.83 bits per heavy atom. The Bertz CT molecular complexity index is 1010. The number of hydrogen-bond donors (Lipinski definition) is 0. The van der Waals surface area contributed by atoms with Crippen molar-refractivity contribution in [3.05, 3.63) is 52.4 Å². The largest absolute Gasteiger partial charge is 0.417 e. The van der Waals surface area contributed by atoms with Crippen LogP contribution in [0.5, 0.6) is 0 Å². The molecular formula is C18H18ClF4N3O2S. The van der Waals surface area contributed by atoms with Crippen LogP contribution in [0.3, 0.4) is 0 Å². The summed E-state index contributed by atoms with van der Waals surface area (Å²) >= 11 is 6.01. The Hall–Kier alpha value is -1.91. The second-order valence-corrected chi connectivity index (χ2v) is 9.00. The maximum Gasteiger partial charge on any atom is 0.417 e. The summed E-state index contributed by atoms with van der Waals surface area (Å²) in [5.74, 6) is -0.344. The molecule has 0 bridgehead atoms. The van der Waals surface area contributed by atoms with Crippen LogP contribution in [-0.4, -0.2) is 43.9 Å². The molecule has 0 N–H and O–H groups in total. The SMILES string of the molecule is Cc1cc(F)ccc1S(=O)(=O)N1CCCN(c2ncc(C(F)(F)F)cc2Cl)CC1. The molecule has 158 valence electrons. The molecule has 0 amide bonds. The van der Waals surface area contributed by atoms with Gasteiger partial charge in [0, 0.05) is 32.4 Å². The van der Waals surface area contributed by atoms with Gasteiger partial charge in [-0.3, -0.25) is 0 Å². The molecular weight excluding hydrogens is 434 g/mol. The third-order valence-electron chi connectivity index (χ3n) is 4.66. The van der Waals surface area contributed by atoms with Gasteiger partial charge in [-0.15, -0.1) is 0 Å². The molecule has 0 saturated carbocycles. The third-order valence-corrected chi connectivity index (χ3v) is 7.00. The van der Waals surface area contributed by atoms with E-state index in [9.17, 15) is 26.0 Å². The molecule has 0 spiro atoms. The van der Waals surface area contributed by atoms with E-state index in [1.807, 2.05) is 0 Å². The van der Waals surface area contributed by atoms with Crippen LogP contribution >= 0.6 is 11.6 Å². The molecule has 1 saturated heterocycles. The Morgan fingerprint density at radius 1 is 1.10 bits per heavy atom. The van der Waals surface area contributed by atoms with E-state index < -0.39 is 27.6 Å². The first-order valence-electron chi connectivity index (χ1n) is 8.74. The minimum atomic E-state index is -4.55. The lowest BCUT2D eigenvalue weighted by molar-refractivity contribution is -0.137. The van der Waals surface area contributed by atoms with E-state index in [4.69, 9.17) is 11.6 Å². The van der Waals surface area contributed by atoms with E-state index in [-0.39, 0.29) is 35.4 Å². The molecule has 0 radical (unpaired) electrons. The molecule has 11 heteroatoms. The monoisotopic (exact) mass is 451 g/mol. The van der Waals surface area contributed by atoms with E-state index in [1.54, 1.807) is 4.90 Å². The van der Waals surface area contributed by atoms with E-state index >= 15 is 0 Å². The van der Waals surface area contributed by atoms with Crippen molar-refractivity contribution in [2.24, 2.45) is 0 Å². The molecule has 0 atom stereocenters. The Labute approximate surface area is 171 Å². The number of benzene rings is 1. The zero-order valence-electron chi connectivity index (χ0n) is 15.4. The Balaban J connectivity index is 1.80. The number of pyridine rings is 1. The molecule has 5 nitrogen and oxygen atoms in total. The summed E-state index contributed by atoms with van der Waals surface area (Å²) in [7, 11) is -3.84. The quantitative estimate of drug-likeness (QED) is 0.659. The number of aryl methyl sites for hydroxylation is 1. The zero-order chi connectivity index (χ0) is 21.4. The molecule has 1 aliphatic heterocycles. The highest BCUT2D eigenvalue weighted by Gasteiger charge is 2.33. The number of anilines is 1. The van der Waals surface area contributed by atoms with Crippen LogP contribution < -0.4 is 4.90 Å². The third kappa shape index (κ3) is 4.65. The van der Waals surface area contributed by atoms with Crippen LogP contribution in [0, 0.1) is 12.7 Å².